The molecule has 1 aliphatic heterocycles. The highest BCUT2D eigenvalue weighted by molar-refractivity contribution is 7.85. The van der Waals surface area contributed by atoms with Crippen molar-refractivity contribution in [1.29, 1.82) is 0 Å². The number of aliphatic hydroxyl groups is 3. The summed E-state index contributed by atoms with van der Waals surface area (Å²) in [7, 11) is -4.60. The first-order valence-corrected chi connectivity index (χ1v) is 22.0. The van der Waals surface area contributed by atoms with E-state index < -0.39 is 71.2 Å². The number of hydrogen-bond acceptors (Lipinski definition) is 11. The summed E-state index contributed by atoms with van der Waals surface area (Å²) in [6.07, 6.45) is 22.4. The van der Waals surface area contributed by atoms with E-state index in [1.165, 1.54) is 57.8 Å². The molecule has 1 rings (SSSR count). The van der Waals surface area contributed by atoms with Gasteiger partial charge in [-0.1, -0.05) is 109 Å². The van der Waals surface area contributed by atoms with Crippen molar-refractivity contribution in [2.45, 2.75) is 198 Å². The molecule has 310 valence electrons. The van der Waals surface area contributed by atoms with Crippen LogP contribution in [0.4, 0.5) is 0 Å². The molecule has 0 aliphatic carbocycles. The minimum Gasteiger partial charge on any atom is -0.462 e. The van der Waals surface area contributed by atoms with Gasteiger partial charge in [-0.3, -0.25) is 14.1 Å². The van der Waals surface area contributed by atoms with E-state index in [4.69, 9.17) is 18.9 Å². The van der Waals surface area contributed by atoms with Crippen LogP contribution >= 0.6 is 0 Å². The molecular weight excluding hydrogens is 704 g/mol. The van der Waals surface area contributed by atoms with Gasteiger partial charge < -0.3 is 34.3 Å². The molecule has 0 bridgehead atoms. The maximum absolute atomic E-state index is 12.7. The van der Waals surface area contributed by atoms with Crippen molar-refractivity contribution in [2.75, 3.05) is 19.0 Å². The summed E-state index contributed by atoms with van der Waals surface area (Å²) in [5.41, 5.74) is 0. The fourth-order valence-corrected chi connectivity index (χ4v) is 6.71. The average molecular weight is 777 g/mol. The molecule has 0 saturated carbocycles. The quantitative estimate of drug-likeness (QED) is 0.0226. The summed E-state index contributed by atoms with van der Waals surface area (Å²) in [6.45, 7) is 3.68. The van der Waals surface area contributed by atoms with Gasteiger partial charge in [0.1, 0.15) is 36.8 Å². The van der Waals surface area contributed by atoms with E-state index in [1.807, 2.05) is 0 Å². The van der Waals surface area contributed by atoms with Gasteiger partial charge in [-0.2, -0.15) is 8.42 Å². The Balaban J connectivity index is 2.52. The van der Waals surface area contributed by atoms with Crippen molar-refractivity contribution >= 4 is 22.1 Å². The number of unbranched alkanes of at least 4 members (excludes halogenated alkanes) is 17. The topological polar surface area (TPSA) is 186 Å². The van der Waals surface area contributed by atoms with Crippen molar-refractivity contribution in [3.05, 3.63) is 24.3 Å². The molecule has 1 heterocycles. The summed E-state index contributed by atoms with van der Waals surface area (Å²) < 4.78 is 53.8. The van der Waals surface area contributed by atoms with E-state index in [9.17, 15) is 37.9 Å². The predicted octanol–water partition coefficient (Wildman–Crippen LogP) is 7.28. The van der Waals surface area contributed by atoms with Crippen molar-refractivity contribution < 1.29 is 56.8 Å². The Labute approximate surface area is 319 Å². The number of rotatable bonds is 33. The molecular formula is C40H72O12S. The molecule has 0 spiro atoms. The Kier molecular flexibility index (Phi) is 29.1. The first-order chi connectivity index (χ1) is 25.5. The Morgan fingerprint density at radius 2 is 1.08 bits per heavy atom. The summed E-state index contributed by atoms with van der Waals surface area (Å²) in [5, 5.41) is 30.8. The van der Waals surface area contributed by atoms with Gasteiger partial charge in [0.05, 0.1) is 6.61 Å². The van der Waals surface area contributed by atoms with Gasteiger partial charge >= 0.3 is 11.9 Å². The highest BCUT2D eigenvalue weighted by Crippen LogP contribution is 2.24. The number of carbonyl (C=O) groups is 2. The second-order valence-corrected chi connectivity index (χ2v) is 15.8. The van der Waals surface area contributed by atoms with Crippen LogP contribution in [0.5, 0.6) is 0 Å². The molecule has 13 heteroatoms. The van der Waals surface area contributed by atoms with Crippen LogP contribution < -0.4 is 0 Å². The standard InChI is InChI=1S/C40H72O12S/c1-3-5-7-9-11-13-15-17-19-20-22-24-26-28-35(41)49-30-33(31-50-40-39(45)38(44)37(43)34(52-40)32-53(46,47)48)51-36(42)29-27-25-23-21-18-16-14-12-10-8-6-4-2/h12,14,17,19,33-34,37-40,43-45H,3-11,13,15-16,18,20-32H2,1-2H3,(H,46,47,48)/b14-12+,19-17+/t33-,34-,37-,38?,39?,40+/m1/s1. The van der Waals surface area contributed by atoms with Crippen LogP contribution in [0.15, 0.2) is 24.3 Å². The van der Waals surface area contributed by atoms with Crippen molar-refractivity contribution in [2.24, 2.45) is 0 Å². The summed E-state index contributed by atoms with van der Waals surface area (Å²) in [6, 6.07) is 0. The van der Waals surface area contributed by atoms with E-state index in [-0.39, 0.29) is 19.4 Å². The summed E-state index contributed by atoms with van der Waals surface area (Å²) in [4.78, 5) is 25.2. The Morgan fingerprint density at radius 3 is 1.62 bits per heavy atom. The van der Waals surface area contributed by atoms with Crippen LogP contribution in [0.3, 0.4) is 0 Å². The van der Waals surface area contributed by atoms with Gasteiger partial charge in [-0.25, -0.2) is 0 Å². The molecule has 0 radical (unpaired) electrons. The molecule has 0 amide bonds. The maximum Gasteiger partial charge on any atom is 0.306 e. The third-order valence-electron chi connectivity index (χ3n) is 9.25. The largest absolute Gasteiger partial charge is 0.462 e. The van der Waals surface area contributed by atoms with Crippen molar-refractivity contribution in [3.63, 3.8) is 0 Å². The SMILES string of the molecule is CCCCC/C=C/CCCCCCCC(=O)O[C@H](COC(=O)CCCCC/C=C/CCCCCCCC)CO[C@H]1O[C@H](CS(=O)(=O)O)[C@@H](O)C(O)C1O. The number of esters is 2. The number of aliphatic hydroxyl groups excluding tert-OH is 3. The normalized spacial score (nSPS) is 21.4. The third kappa shape index (κ3) is 26.6. The van der Waals surface area contributed by atoms with E-state index >= 15 is 0 Å². The highest BCUT2D eigenvalue weighted by Gasteiger charge is 2.46. The van der Waals surface area contributed by atoms with Crippen molar-refractivity contribution in [1.82, 2.24) is 0 Å². The predicted molar refractivity (Wildman–Crippen MR) is 206 cm³/mol. The summed E-state index contributed by atoms with van der Waals surface area (Å²) >= 11 is 0. The first-order valence-electron chi connectivity index (χ1n) is 20.4. The molecule has 53 heavy (non-hydrogen) atoms. The monoisotopic (exact) mass is 776 g/mol. The van der Waals surface area contributed by atoms with Gasteiger partial charge in [0.15, 0.2) is 12.4 Å². The van der Waals surface area contributed by atoms with Crippen LogP contribution in [0.2, 0.25) is 0 Å². The molecule has 2 unspecified atom stereocenters. The van der Waals surface area contributed by atoms with E-state index in [0.29, 0.717) is 12.8 Å². The van der Waals surface area contributed by atoms with Gasteiger partial charge in [0, 0.05) is 12.8 Å². The van der Waals surface area contributed by atoms with Crippen LogP contribution in [0.25, 0.3) is 0 Å². The molecule has 0 aromatic carbocycles. The first kappa shape index (κ1) is 49.1. The number of allylic oxidation sites excluding steroid dienone is 4. The fraction of sp³-hybridized carbons (Fsp3) is 0.850. The third-order valence-corrected chi connectivity index (χ3v) is 10.0. The molecule has 1 fully saturated rings. The molecule has 1 aliphatic rings. The Hall–Kier alpha value is -1.87. The zero-order valence-corrected chi connectivity index (χ0v) is 33.4. The van der Waals surface area contributed by atoms with Crippen LogP contribution in [0, 0.1) is 0 Å². The zero-order valence-electron chi connectivity index (χ0n) is 32.6. The minimum absolute atomic E-state index is 0.152. The van der Waals surface area contributed by atoms with Gasteiger partial charge in [-0.15, -0.1) is 0 Å². The zero-order chi connectivity index (χ0) is 39.2. The number of hydrogen-bond donors (Lipinski definition) is 4. The van der Waals surface area contributed by atoms with Crippen LogP contribution in [-0.4, -0.2) is 96.0 Å². The Bertz CT molecular complexity index is 1100. The lowest BCUT2D eigenvalue weighted by molar-refractivity contribution is -0.297. The van der Waals surface area contributed by atoms with Crippen LogP contribution in [0.1, 0.15) is 162 Å². The van der Waals surface area contributed by atoms with Crippen LogP contribution in [-0.2, 0) is 38.7 Å². The lowest BCUT2D eigenvalue weighted by Crippen LogP contribution is -2.60. The molecule has 0 aromatic heterocycles. The lowest BCUT2D eigenvalue weighted by Gasteiger charge is -2.40. The second-order valence-electron chi connectivity index (χ2n) is 14.3. The molecule has 12 nitrogen and oxygen atoms in total. The lowest BCUT2D eigenvalue weighted by atomic mass is 10.00. The average Bonchev–Trinajstić information content (AvgIpc) is 3.12. The second kappa shape index (κ2) is 31.3. The van der Waals surface area contributed by atoms with E-state index in [2.05, 4.69) is 38.2 Å². The van der Waals surface area contributed by atoms with Gasteiger partial charge in [0.2, 0.25) is 0 Å². The molecule has 0 aromatic rings. The Morgan fingerprint density at radius 1 is 0.623 bits per heavy atom. The fourth-order valence-electron chi connectivity index (χ4n) is 6.02. The smallest absolute Gasteiger partial charge is 0.306 e. The number of ether oxygens (including phenoxy) is 4. The minimum atomic E-state index is -4.60. The number of carbonyl (C=O) groups excluding carboxylic acids is 2. The van der Waals surface area contributed by atoms with Gasteiger partial charge in [0.25, 0.3) is 10.1 Å². The van der Waals surface area contributed by atoms with E-state index in [1.54, 1.807) is 0 Å². The van der Waals surface area contributed by atoms with Crippen molar-refractivity contribution in [3.8, 4) is 0 Å². The van der Waals surface area contributed by atoms with E-state index in [0.717, 1.165) is 64.2 Å². The summed E-state index contributed by atoms with van der Waals surface area (Å²) in [5.74, 6) is -2.01. The van der Waals surface area contributed by atoms with Gasteiger partial charge in [-0.05, 0) is 64.2 Å². The molecule has 4 N–H and O–H groups in total. The maximum atomic E-state index is 12.7. The molecule has 6 atom stereocenters. The molecule has 1 saturated heterocycles. The highest BCUT2D eigenvalue weighted by atomic mass is 32.2.